The Bertz CT molecular complexity index is 327. The molecule has 1 saturated heterocycles. The van der Waals surface area contributed by atoms with E-state index in [1.165, 1.54) is 19.3 Å². The fourth-order valence-electron chi connectivity index (χ4n) is 2.17. The van der Waals surface area contributed by atoms with Crippen molar-refractivity contribution in [2.24, 2.45) is 5.92 Å². The first-order valence-electron chi connectivity index (χ1n) is 5.62. The topological polar surface area (TPSA) is 16.1 Å². The number of aromatic nitrogens is 1. The lowest BCUT2D eigenvalue weighted by molar-refractivity contribution is 0.545. The van der Waals surface area contributed by atoms with Crippen molar-refractivity contribution in [3.63, 3.8) is 0 Å². The van der Waals surface area contributed by atoms with Crippen molar-refractivity contribution in [2.45, 2.75) is 26.2 Å². The van der Waals surface area contributed by atoms with Crippen LogP contribution in [0.3, 0.4) is 0 Å². The van der Waals surface area contributed by atoms with Crippen molar-refractivity contribution in [2.75, 3.05) is 18.0 Å². The predicted octanol–water partition coefficient (Wildman–Crippen LogP) is 3.36. The predicted molar refractivity (Wildman–Crippen MR) is 64.5 cm³/mol. The molecule has 0 aliphatic carbocycles. The van der Waals surface area contributed by atoms with Crippen LogP contribution in [0.25, 0.3) is 0 Å². The van der Waals surface area contributed by atoms with E-state index in [9.17, 15) is 0 Å². The SMILES string of the molecule is C[C@@H]1CCCCN(c2cnccc2Cl)C1. The average molecular weight is 225 g/mol. The summed E-state index contributed by atoms with van der Waals surface area (Å²) in [5.74, 6) is 0.753. The first-order chi connectivity index (χ1) is 7.27. The molecule has 82 valence electrons. The third kappa shape index (κ3) is 2.63. The van der Waals surface area contributed by atoms with Crippen molar-refractivity contribution in [1.29, 1.82) is 0 Å². The van der Waals surface area contributed by atoms with E-state index in [4.69, 9.17) is 11.6 Å². The Hall–Kier alpha value is -0.760. The highest BCUT2D eigenvalue weighted by molar-refractivity contribution is 6.33. The summed E-state index contributed by atoms with van der Waals surface area (Å²) in [7, 11) is 0. The van der Waals surface area contributed by atoms with Gasteiger partial charge in [0.2, 0.25) is 0 Å². The molecule has 3 heteroatoms. The molecular weight excluding hydrogens is 208 g/mol. The normalized spacial score (nSPS) is 22.5. The van der Waals surface area contributed by atoms with Gasteiger partial charge in [0.15, 0.2) is 0 Å². The second-order valence-corrected chi connectivity index (χ2v) is 4.78. The van der Waals surface area contributed by atoms with E-state index in [0.29, 0.717) is 0 Å². The number of hydrogen-bond acceptors (Lipinski definition) is 2. The molecule has 1 atom stereocenters. The van der Waals surface area contributed by atoms with Gasteiger partial charge in [-0.3, -0.25) is 4.98 Å². The average Bonchev–Trinajstić information content (AvgIpc) is 2.43. The van der Waals surface area contributed by atoms with E-state index < -0.39 is 0 Å². The number of pyridine rings is 1. The van der Waals surface area contributed by atoms with Crippen LogP contribution in [0.5, 0.6) is 0 Å². The molecule has 0 amide bonds. The first-order valence-corrected chi connectivity index (χ1v) is 5.99. The maximum Gasteiger partial charge on any atom is 0.0742 e. The lowest BCUT2D eigenvalue weighted by atomic mass is 10.1. The lowest BCUT2D eigenvalue weighted by Crippen LogP contribution is -2.27. The maximum absolute atomic E-state index is 6.18. The van der Waals surface area contributed by atoms with Crippen LogP contribution in [0.4, 0.5) is 5.69 Å². The van der Waals surface area contributed by atoms with Crippen LogP contribution in [0.2, 0.25) is 5.02 Å². The van der Waals surface area contributed by atoms with Gasteiger partial charge in [-0.1, -0.05) is 24.9 Å². The number of nitrogens with zero attached hydrogens (tertiary/aromatic N) is 2. The number of anilines is 1. The zero-order valence-electron chi connectivity index (χ0n) is 9.12. The molecule has 0 aromatic carbocycles. The fraction of sp³-hybridized carbons (Fsp3) is 0.583. The van der Waals surface area contributed by atoms with Crippen LogP contribution in [0.15, 0.2) is 18.5 Å². The molecule has 0 unspecified atom stereocenters. The van der Waals surface area contributed by atoms with Crippen molar-refractivity contribution < 1.29 is 0 Å². The van der Waals surface area contributed by atoms with Crippen LogP contribution in [-0.4, -0.2) is 18.1 Å². The van der Waals surface area contributed by atoms with E-state index in [-0.39, 0.29) is 0 Å². The Morgan fingerprint density at radius 3 is 3.13 bits per heavy atom. The summed E-state index contributed by atoms with van der Waals surface area (Å²) in [4.78, 5) is 6.52. The maximum atomic E-state index is 6.18. The number of rotatable bonds is 1. The first kappa shape index (κ1) is 10.7. The number of halogens is 1. The van der Waals surface area contributed by atoms with E-state index in [2.05, 4.69) is 16.8 Å². The van der Waals surface area contributed by atoms with Crippen LogP contribution >= 0.6 is 11.6 Å². The van der Waals surface area contributed by atoms with Gasteiger partial charge in [-0.2, -0.15) is 0 Å². The monoisotopic (exact) mass is 224 g/mol. The molecule has 1 aromatic rings. The zero-order valence-corrected chi connectivity index (χ0v) is 9.87. The van der Waals surface area contributed by atoms with Gasteiger partial charge >= 0.3 is 0 Å². The van der Waals surface area contributed by atoms with Gasteiger partial charge in [-0.15, -0.1) is 0 Å². The molecule has 0 spiro atoms. The molecule has 2 nitrogen and oxygen atoms in total. The van der Waals surface area contributed by atoms with Gasteiger partial charge in [0.25, 0.3) is 0 Å². The van der Waals surface area contributed by atoms with Gasteiger partial charge in [0.05, 0.1) is 16.9 Å². The second-order valence-electron chi connectivity index (χ2n) is 4.37. The summed E-state index contributed by atoms with van der Waals surface area (Å²) < 4.78 is 0. The molecule has 0 saturated carbocycles. The summed E-state index contributed by atoms with van der Waals surface area (Å²) in [5, 5.41) is 0.819. The van der Waals surface area contributed by atoms with Gasteiger partial charge in [0.1, 0.15) is 0 Å². The minimum absolute atomic E-state index is 0.753. The molecule has 2 heterocycles. The molecule has 1 aliphatic heterocycles. The smallest absolute Gasteiger partial charge is 0.0742 e. The summed E-state index contributed by atoms with van der Waals surface area (Å²) in [6.07, 6.45) is 7.53. The molecule has 15 heavy (non-hydrogen) atoms. The van der Waals surface area contributed by atoms with E-state index in [1.807, 2.05) is 12.3 Å². The quantitative estimate of drug-likeness (QED) is 0.727. The zero-order chi connectivity index (χ0) is 10.7. The summed E-state index contributed by atoms with van der Waals surface area (Å²) >= 11 is 6.18. The van der Waals surface area contributed by atoms with Crippen LogP contribution < -0.4 is 4.90 Å². The van der Waals surface area contributed by atoms with Gasteiger partial charge in [-0.05, 0) is 24.8 Å². The van der Waals surface area contributed by atoms with E-state index >= 15 is 0 Å². The standard InChI is InChI=1S/C12H17ClN2/c1-10-4-2-3-7-15(9-10)12-8-14-6-5-11(12)13/h5-6,8,10H,2-4,7,9H2,1H3/t10-/m1/s1. The Kier molecular flexibility index (Phi) is 3.47. The summed E-state index contributed by atoms with van der Waals surface area (Å²) in [6, 6.07) is 1.87. The fourth-order valence-corrected chi connectivity index (χ4v) is 2.40. The minimum atomic E-state index is 0.753. The molecule has 1 fully saturated rings. The van der Waals surface area contributed by atoms with Crippen LogP contribution in [0, 0.1) is 5.92 Å². The highest BCUT2D eigenvalue weighted by Crippen LogP contribution is 2.27. The summed E-state index contributed by atoms with van der Waals surface area (Å²) in [5.41, 5.74) is 1.09. The second kappa shape index (κ2) is 4.84. The van der Waals surface area contributed by atoms with E-state index in [1.54, 1.807) is 6.20 Å². The largest absolute Gasteiger partial charge is 0.369 e. The molecule has 0 bridgehead atoms. The minimum Gasteiger partial charge on any atom is -0.369 e. The Morgan fingerprint density at radius 2 is 2.33 bits per heavy atom. The van der Waals surface area contributed by atoms with Crippen molar-refractivity contribution in [1.82, 2.24) is 4.98 Å². The molecule has 0 N–H and O–H groups in total. The molecule has 2 rings (SSSR count). The summed E-state index contributed by atoms with van der Waals surface area (Å²) in [6.45, 7) is 4.52. The van der Waals surface area contributed by atoms with Gasteiger partial charge in [0, 0.05) is 19.3 Å². The van der Waals surface area contributed by atoms with Crippen LogP contribution in [-0.2, 0) is 0 Å². The van der Waals surface area contributed by atoms with Crippen molar-refractivity contribution in [3.8, 4) is 0 Å². The molecular formula is C12H17ClN2. The van der Waals surface area contributed by atoms with Gasteiger partial charge in [-0.25, -0.2) is 0 Å². The Balaban J connectivity index is 2.18. The van der Waals surface area contributed by atoms with Crippen LogP contribution in [0.1, 0.15) is 26.2 Å². The molecule has 1 aliphatic rings. The Morgan fingerprint density at radius 1 is 1.47 bits per heavy atom. The van der Waals surface area contributed by atoms with Crippen molar-refractivity contribution >= 4 is 17.3 Å². The van der Waals surface area contributed by atoms with Crippen molar-refractivity contribution in [3.05, 3.63) is 23.5 Å². The van der Waals surface area contributed by atoms with E-state index in [0.717, 1.165) is 29.7 Å². The molecule has 1 aromatic heterocycles. The third-order valence-corrected chi connectivity index (χ3v) is 3.32. The highest BCUT2D eigenvalue weighted by Gasteiger charge is 2.16. The highest BCUT2D eigenvalue weighted by atomic mass is 35.5. The lowest BCUT2D eigenvalue weighted by Gasteiger charge is -2.25. The molecule has 0 radical (unpaired) electrons. The van der Waals surface area contributed by atoms with Gasteiger partial charge < -0.3 is 4.90 Å². The Labute approximate surface area is 96.3 Å². The third-order valence-electron chi connectivity index (χ3n) is 3.00. The number of hydrogen-bond donors (Lipinski definition) is 0.